The fourth-order valence-electron chi connectivity index (χ4n) is 1.90. The number of carbonyl (C=O) groups is 2. The van der Waals surface area contributed by atoms with E-state index in [9.17, 15) is 9.59 Å². The first kappa shape index (κ1) is 12.8. The molecule has 4 nitrogen and oxygen atoms in total. The lowest BCUT2D eigenvalue weighted by atomic mass is 10.0. The average molecular weight is 248 g/mol. The van der Waals surface area contributed by atoms with Crippen molar-refractivity contribution < 1.29 is 19.1 Å². The molecule has 96 valence electrons. The molecule has 0 radical (unpaired) electrons. The Kier molecular flexibility index (Phi) is 4.10. The molecule has 0 aromatic heterocycles. The number of aldehydes is 1. The highest BCUT2D eigenvalue weighted by Gasteiger charge is 2.39. The fourth-order valence-corrected chi connectivity index (χ4v) is 1.90. The number of esters is 1. The molecule has 0 bridgehead atoms. The second-order valence-corrected chi connectivity index (χ2v) is 4.21. The Morgan fingerprint density at radius 1 is 1.50 bits per heavy atom. The summed E-state index contributed by atoms with van der Waals surface area (Å²) in [4.78, 5) is 21.8. The zero-order valence-electron chi connectivity index (χ0n) is 10.3. The number of hydrogen-bond acceptors (Lipinski definition) is 4. The van der Waals surface area contributed by atoms with E-state index in [2.05, 4.69) is 0 Å². The molecule has 1 aliphatic rings. The molecule has 4 heteroatoms. The largest absolute Gasteiger partial charge is 0.466 e. The van der Waals surface area contributed by atoms with E-state index in [0.717, 1.165) is 17.4 Å². The molecular formula is C14H16O4. The van der Waals surface area contributed by atoms with E-state index in [0.29, 0.717) is 19.4 Å². The van der Waals surface area contributed by atoms with Crippen LogP contribution >= 0.6 is 0 Å². The molecule has 2 atom stereocenters. The fraction of sp³-hybridized carbons (Fsp3) is 0.429. The number of rotatable bonds is 6. The van der Waals surface area contributed by atoms with Gasteiger partial charge in [-0.05, 0) is 24.5 Å². The molecule has 0 amide bonds. The lowest BCUT2D eigenvalue weighted by Gasteiger charge is -2.04. The number of carbonyl (C=O) groups excluding carboxylic acids is 2. The maximum absolute atomic E-state index is 11.3. The second-order valence-electron chi connectivity index (χ2n) is 4.21. The Balaban J connectivity index is 1.91. The van der Waals surface area contributed by atoms with Crippen LogP contribution in [0.5, 0.6) is 0 Å². The summed E-state index contributed by atoms with van der Waals surface area (Å²) in [5.41, 5.74) is 2.05. The molecule has 0 saturated carbocycles. The van der Waals surface area contributed by atoms with Gasteiger partial charge in [0.25, 0.3) is 0 Å². The van der Waals surface area contributed by atoms with Crippen LogP contribution in [0, 0.1) is 0 Å². The van der Waals surface area contributed by atoms with E-state index in [1.165, 1.54) is 0 Å². The van der Waals surface area contributed by atoms with E-state index in [4.69, 9.17) is 9.47 Å². The van der Waals surface area contributed by atoms with Crippen molar-refractivity contribution in [1.29, 1.82) is 0 Å². The number of aryl methyl sites for hydroxylation is 1. The number of hydrogen-bond donors (Lipinski definition) is 0. The zero-order chi connectivity index (χ0) is 13.0. The number of ether oxygens (including phenoxy) is 2. The van der Waals surface area contributed by atoms with Gasteiger partial charge in [0.1, 0.15) is 12.2 Å². The molecule has 0 spiro atoms. The predicted molar refractivity (Wildman–Crippen MR) is 65.1 cm³/mol. The molecule has 1 heterocycles. The van der Waals surface area contributed by atoms with E-state index in [1.54, 1.807) is 6.92 Å². The summed E-state index contributed by atoms with van der Waals surface area (Å²) in [5, 5.41) is 0. The van der Waals surface area contributed by atoms with Gasteiger partial charge in [-0.25, -0.2) is 0 Å². The molecule has 1 aromatic rings. The van der Waals surface area contributed by atoms with Crippen LogP contribution < -0.4 is 0 Å². The molecule has 2 unspecified atom stereocenters. The van der Waals surface area contributed by atoms with Gasteiger partial charge >= 0.3 is 5.97 Å². The van der Waals surface area contributed by atoms with Crippen molar-refractivity contribution in [3.8, 4) is 0 Å². The quantitative estimate of drug-likeness (QED) is 0.438. The van der Waals surface area contributed by atoms with Crippen molar-refractivity contribution in [2.24, 2.45) is 0 Å². The average Bonchev–Trinajstić information content (AvgIpc) is 3.17. The van der Waals surface area contributed by atoms with Gasteiger partial charge in [-0.1, -0.05) is 24.3 Å². The maximum Gasteiger partial charge on any atom is 0.306 e. The number of epoxide rings is 1. The minimum absolute atomic E-state index is 0.106. The SMILES string of the molecule is CCOC(=O)CCc1cccc(C2OC2C=O)c1. The van der Waals surface area contributed by atoms with Gasteiger partial charge in [0.15, 0.2) is 6.29 Å². The molecule has 1 saturated heterocycles. The summed E-state index contributed by atoms with van der Waals surface area (Å²) in [6, 6.07) is 7.79. The van der Waals surface area contributed by atoms with Crippen molar-refractivity contribution >= 4 is 12.3 Å². The second kappa shape index (κ2) is 5.78. The predicted octanol–water partition coefficient (Wildman–Crippen LogP) is 1.82. The number of benzene rings is 1. The Labute approximate surface area is 106 Å². The van der Waals surface area contributed by atoms with E-state index >= 15 is 0 Å². The van der Waals surface area contributed by atoms with Gasteiger partial charge in [-0.15, -0.1) is 0 Å². The highest BCUT2D eigenvalue weighted by molar-refractivity contribution is 5.69. The summed E-state index contributed by atoms with van der Waals surface area (Å²) >= 11 is 0. The molecular weight excluding hydrogens is 232 g/mol. The highest BCUT2D eigenvalue weighted by atomic mass is 16.6. The topological polar surface area (TPSA) is 55.9 Å². The van der Waals surface area contributed by atoms with E-state index in [1.807, 2.05) is 24.3 Å². The van der Waals surface area contributed by atoms with Gasteiger partial charge in [-0.3, -0.25) is 4.79 Å². The van der Waals surface area contributed by atoms with Crippen molar-refractivity contribution in [1.82, 2.24) is 0 Å². The van der Waals surface area contributed by atoms with Crippen molar-refractivity contribution in [3.05, 3.63) is 35.4 Å². The monoisotopic (exact) mass is 248 g/mol. The van der Waals surface area contributed by atoms with Crippen molar-refractivity contribution in [2.75, 3.05) is 6.61 Å². The zero-order valence-corrected chi connectivity index (χ0v) is 10.3. The Bertz CT molecular complexity index is 441. The summed E-state index contributed by atoms with van der Waals surface area (Å²) in [5.74, 6) is -0.184. The van der Waals surface area contributed by atoms with Crippen molar-refractivity contribution in [2.45, 2.75) is 32.0 Å². The normalized spacial score (nSPS) is 21.4. The Hall–Kier alpha value is -1.68. The van der Waals surface area contributed by atoms with Crippen molar-refractivity contribution in [3.63, 3.8) is 0 Å². The Morgan fingerprint density at radius 3 is 3.00 bits per heavy atom. The molecule has 1 aromatic carbocycles. The first-order valence-electron chi connectivity index (χ1n) is 6.09. The Morgan fingerprint density at radius 2 is 2.33 bits per heavy atom. The lowest BCUT2D eigenvalue weighted by Crippen LogP contribution is -2.05. The summed E-state index contributed by atoms with van der Waals surface area (Å²) < 4.78 is 10.1. The molecule has 0 N–H and O–H groups in total. The van der Waals surface area contributed by atoms with Crippen LogP contribution in [0.4, 0.5) is 0 Å². The van der Waals surface area contributed by atoms with Crippen LogP contribution in [0.1, 0.15) is 30.6 Å². The van der Waals surface area contributed by atoms with Gasteiger partial charge in [-0.2, -0.15) is 0 Å². The molecule has 18 heavy (non-hydrogen) atoms. The summed E-state index contributed by atoms with van der Waals surface area (Å²) in [6.45, 7) is 2.21. The van der Waals surface area contributed by atoms with Crippen LogP contribution in [0.15, 0.2) is 24.3 Å². The molecule has 0 aliphatic carbocycles. The maximum atomic E-state index is 11.3. The first-order chi connectivity index (χ1) is 8.74. The van der Waals surface area contributed by atoms with Gasteiger partial charge in [0.05, 0.1) is 6.61 Å². The van der Waals surface area contributed by atoms with E-state index < -0.39 is 0 Å². The van der Waals surface area contributed by atoms with Crippen LogP contribution in [0.3, 0.4) is 0 Å². The standard InChI is InChI=1S/C14H16O4/c1-2-17-13(16)7-6-10-4-3-5-11(8-10)14-12(9-15)18-14/h3-5,8-9,12,14H,2,6-7H2,1H3. The third-order valence-corrected chi connectivity index (χ3v) is 2.86. The minimum atomic E-state index is -0.301. The van der Waals surface area contributed by atoms with Crippen LogP contribution in [0.25, 0.3) is 0 Å². The first-order valence-corrected chi connectivity index (χ1v) is 6.09. The van der Waals surface area contributed by atoms with E-state index in [-0.39, 0.29) is 18.2 Å². The van der Waals surface area contributed by atoms with Crippen LogP contribution in [0.2, 0.25) is 0 Å². The van der Waals surface area contributed by atoms with Gasteiger partial charge < -0.3 is 14.3 Å². The molecule has 2 rings (SSSR count). The smallest absolute Gasteiger partial charge is 0.306 e. The van der Waals surface area contributed by atoms with Gasteiger partial charge in [0, 0.05) is 6.42 Å². The molecule has 1 fully saturated rings. The molecule has 1 aliphatic heterocycles. The summed E-state index contributed by atoms with van der Waals surface area (Å²) in [7, 11) is 0. The third-order valence-electron chi connectivity index (χ3n) is 2.86. The van der Waals surface area contributed by atoms with Crippen LogP contribution in [-0.4, -0.2) is 25.0 Å². The van der Waals surface area contributed by atoms with Gasteiger partial charge in [0.2, 0.25) is 0 Å². The third kappa shape index (κ3) is 3.17. The summed E-state index contributed by atoms with van der Waals surface area (Å²) in [6.07, 6.45) is 1.43. The van der Waals surface area contributed by atoms with Crippen LogP contribution in [-0.2, 0) is 25.5 Å². The lowest BCUT2D eigenvalue weighted by molar-refractivity contribution is -0.143. The highest BCUT2D eigenvalue weighted by Crippen LogP contribution is 2.37. The minimum Gasteiger partial charge on any atom is -0.466 e.